The van der Waals surface area contributed by atoms with Gasteiger partial charge in [-0.25, -0.2) is 9.38 Å². The molecule has 1 heterocycles. The maximum absolute atomic E-state index is 13.4. The van der Waals surface area contributed by atoms with Crippen LogP contribution in [0.15, 0.2) is 89.6 Å². The topological polar surface area (TPSA) is 105 Å². The number of amidine groups is 1. The smallest absolute Gasteiger partial charge is 0.283 e. The van der Waals surface area contributed by atoms with Gasteiger partial charge in [0.15, 0.2) is 5.17 Å². The predicted octanol–water partition coefficient (Wildman–Crippen LogP) is 4.04. The van der Waals surface area contributed by atoms with Crippen LogP contribution in [0.2, 0.25) is 0 Å². The van der Waals surface area contributed by atoms with Crippen molar-refractivity contribution in [1.29, 1.82) is 0 Å². The summed E-state index contributed by atoms with van der Waals surface area (Å²) in [6.45, 7) is 0. The third-order valence-corrected chi connectivity index (χ3v) is 5.74. The van der Waals surface area contributed by atoms with Crippen molar-refractivity contribution in [2.75, 3.05) is 16.0 Å². The molecule has 0 aromatic heterocycles. The van der Waals surface area contributed by atoms with E-state index < -0.39 is 11.7 Å². The van der Waals surface area contributed by atoms with Gasteiger partial charge >= 0.3 is 0 Å². The van der Waals surface area contributed by atoms with E-state index in [2.05, 4.69) is 10.3 Å². The molecular weight excluding hydrogens is 455 g/mol. The summed E-state index contributed by atoms with van der Waals surface area (Å²) >= 11 is 1.08. The molecule has 4 rings (SSSR count). The van der Waals surface area contributed by atoms with E-state index in [1.807, 2.05) is 30.3 Å². The standard InChI is InChI=1S/C25H19FN4O3S/c26-18-8-12-20(13-9-18)30-24(33)21(14-16-4-2-1-3-5-16)29-25(30)34-15-22(31)28-19-10-6-17(7-11-19)23(27)32/h1-14H,15H2,(H2,27,32)(H,28,31). The fourth-order valence-corrected chi connectivity index (χ4v) is 3.98. The number of nitrogens with one attached hydrogen (secondary N) is 1. The second-order valence-corrected chi connectivity index (χ2v) is 8.17. The highest BCUT2D eigenvalue weighted by atomic mass is 32.2. The summed E-state index contributed by atoms with van der Waals surface area (Å²) in [5.41, 5.74) is 7.51. The summed E-state index contributed by atoms with van der Waals surface area (Å²) in [6, 6.07) is 20.9. The minimum atomic E-state index is -0.558. The molecule has 1 aliphatic heterocycles. The molecular formula is C25H19FN4O3S. The Balaban J connectivity index is 1.52. The summed E-state index contributed by atoms with van der Waals surface area (Å²) in [6.07, 6.45) is 1.66. The number of rotatable bonds is 6. The molecule has 170 valence electrons. The molecule has 0 saturated carbocycles. The Hall–Kier alpha value is -4.24. The van der Waals surface area contributed by atoms with Crippen molar-refractivity contribution < 1.29 is 18.8 Å². The van der Waals surface area contributed by atoms with Crippen LogP contribution in [0.25, 0.3) is 6.08 Å². The number of hydrogen-bond acceptors (Lipinski definition) is 5. The van der Waals surface area contributed by atoms with Crippen LogP contribution in [-0.2, 0) is 9.59 Å². The van der Waals surface area contributed by atoms with Crippen molar-refractivity contribution in [3.63, 3.8) is 0 Å². The van der Waals surface area contributed by atoms with Gasteiger partial charge in [-0.1, -0.05) is 42.1 Å². The largest absolute Gasteiger partial charge is 0.366 e. The number of halogens is 1. The van der Waals surface area contributed by atoms with E-state index >= 15 is 0 Å². The minimum absolute atomic E-state index is 0.0278. The molecule has 3 aromatic rings. The van der Waals surface area contributed by atoms with Gasteiger partial charge in [0.05, 0.1) is 11.4 Å². The number of aliphatic imine (C=N–C) groups is 1. The van der Waals surface area contributed by atoms with E-state index in [1.165, 1.54) is 41.3 Å². The van der Waals surface area contributed by atoms with Crippen LogP contribution in [0.3, 0.4) is 0 Å². The maximum atomic E-state index is 13.4. The van der Waals surface area contributed by atoms with Gasteiger partial charge in [0.25, 0.3) is 5.91 Å². The molecule has 0 aliphatic carbocycles. The zero-order valence-corrected chi connectivity index (χ0v) is 18.6. The number of carbonyl (C=O) groups is 3. The van der Waals surface area contributed by atoms with E-state index in [1.54, 1.807) is 18.2 Å². The van der Waals surface area contributed by atoms with E-state index in [9.17, 15) is 18.8 Å². The fourth-order valence-electron chi connectivity index (χ4n) is 3.16. The Morgan fingerprint density at radius 3 is 2.32 bits per heavy atom. The molecule has 0 bridgehead atoms. The molecule has 0 spiro atoms. The molecule has 0 atom stereocenters. The van der Waals surface area contributed by atoms with Crippen LogP contribution in [0, 0.1) is 5.82 Å². The van der Waals surface area contributed by atoms with Crippen molar-refractivity contribution in [3.8, 4) is 0 Å². The molecule has 0 unspecified atom stereocenters. The third kappa shape index (κ3) is 5.38. The summed E-state index contributed by atoms with van der Waals surface area (Å²) < 4.78 is 13.4. The zero-order chi connectivity index (χ0) is 24.1. The van der Waals surface area contributed by atoms with Crippen molar-refractivity contribution >= 4 is 52.1 Å². The molecule has 34 heavy (non-hydrogen) atoms. The number of hydrogen-bond donors (Lipinski definition) is 2. The maximum Gasteiger partial charge on any atom is 0.283 e. The van der Waals surface area contributed by atoms with Crippen LogP contribution in [-0.4, -0.2) is 28.6 Å². The normalized spacial score (nSPS) is 14.3. The molecule has 3 amide bonds. The van der Waals surface area contributed by atoms with Crippen LogP contribution in [0.1, 0.15) is 15.9 Å². The molecule has 1 aliphatic rings. The lowest BCUT2D eigenvalue weighted by atomic mass is 10.2. The summed E-state index contributed by atoms with van der Waals surface area (Å²) in [7, 11) is 0. The number of thioether (sulfide) groups is 1. The van der Waals surface area contributed by atoms with Crippen molar-refractivity contribution in [1.82, 2.24) is 0 Å². The van der Waals surface area contributed by atoms with Gasteiger partial charge in [-0.05, 0) is 60.2 Å². The van der Waals surface area contributed by atoms with Gasteiger partial charge in [0.2, 0.25) is 11.8 Å². The Morgan fingerprint density at radius 2 is 1.68 bits per heavy atom. The summed E-state index contributed by atoms with van der Waals surface area (Å²) in [4.78, 5) is 42.6. The summed E-state index contributed by atoms with van der Waals surface area (Å²) in [5.74, 6) is -1.71. The van der Waals surface area contributed by atoms with Crippen LogP contribution < -0.4 is 16.0 Å². The highest BCUT2D eigenvalue weighted by Gasteiger charge is 2.32. The molecule has 0 saturated heterocycles. The van der Waals surface area contributed by atoms with Crippen LogP contribution >= 0.6 is 11.8 Å². The average molecular weight is 475 g/mol. The number of nitrogens with zero attached hydrogens (tertiary/aromatic N) is 2. The summed E-state index contributed by atoms with van der Waals surface area (Å²) in [5, 5.41) is 3.03. The number of amides is 3. The number of benzene rings is 3. The Kier molecular flexibility index (Phi) is 6.84. The van der Waals surface area contributed by atoms with Crippen molar-refractivity contribution in [2.45, 2.75) is 0 Å². The first kappa shape index (κ1) is 22.9. The van der Waals surface area contributed by atoms with Crippen LogP contribution in [0.5, 0.6) is 0 Å². The number of carbonyl (C=O) groups excluding carboxylic acids is 3. The highest BCUT2D eigenvalue weighted by Crippen LogP contribution is 2.29. The van der Waals surface area contributed by atoms with E-state index in [0.717, 1.165) is 17.3 Å². The first-order valence-electron chi connectivity index (χ1n) is 10.2. The van der Waals surface area contributed by atoms with E-state index in [-0.39, 0.29) is 23.3 Å². The molecule has 3 N–H and O–H groups in total. The quantitative estimate of drug-likeness (QED) is 0.526. The Morgan fingerprint density at radius 1 is 1.00 bits per heavy atom. The lowest BCUT2D eigenvalue weighted by Crippen LogP contribution is -2.31. The highest BCUT2D eigenvalue weighted by molar-refractivity contribution is 8.14. The third-order valence-electron chi connectivity index (χ3n) is 4.80. The van der Waals surface area contributed by atoms with Crippen molar-refractivity contribution in [3.05, 3.63) is 102 Å². The monoisotopic (exact) mass is 474 g/mol. The first-order valence-corrected chi connectivity index (χ1v) is 11.2. The van der Waals surface area contributed by atoms with Crippen molar-refractivity contribution in [2.24, 2.45) is 10.7 Å². The SMILES string of the molecule is NC(=O)c1ccc(NC(=O)CSC2=NC(=Cc3ccccc3)C(=O)N2c2ccc(F)cc2)cc1. The molecule has 0 fully saturated rings. The number of nitrogens with two attached hydrogens (primary N) is 1. The predicted molar refractivity (Wildman–Crippen MR) is 132 cm³/mol. The van der Waals surface area contributed by atoms with E-state index in [0.29, 0.717) is 22.1 Å². The van der Waals surface area contributed by atoms with Gasteiger partial charge < -0.3 is 11.1 Å². The number of anilines is 2. The van der Waals surface area contributed by atoms with Gasteiger partial charge in [-0.2, -0.15) is 0 Å². The molecule has 3 aromatic carbocycles. The first-order chi connectivity index (χ1) is 16.4. The van der Waals surface area contributed by atoms with E-state index in [4.69, 9.17) is 5.73 Å². The average Bonchev–Trinajstić information content (AvgIpc) is 3.14. The number of primary amides is 1. The van der Waals surface area contributed by atoms with Gasteiger partial charge in [0, 0.05) is 11.3 Å². The molecule has 7 nitrogen and oxygen atoms in total. The van der Waals surface area contributed by atoms with Crippen LogP contribution in [0.4, 0.5) is 15.8 Å². The van der Waals surface area contributed by atoms with Gasteiger partial charge in [-0.3, -0.25) is 19.3 Å². The second kappa shape index (κ2) is 10.1. The lowest BCUT2D eigenvalue weighted by molar-refractivity contribution is -0.114. The molecule has 9 heteroatoms. The molecule has 0 radical (unpaired) electrons. The lowest BCUT2D eigenvalue weighted by Gasteiger charge is -2.17. The van der Waals surface area contributed by atoms with Gasteiger partial charge in [-0.15, -0.1) is 0 Å². The Labute approximate surface area is 199 Å². The minimum Gasteiger partial charge on any atom is -0.366 e. The second-order valence-electron chi connectivity index (χ2n) is 7.23. The Bertz CT molecular complexity index is 1290. The zero-order valence-electron chi connectivity index (χ0n) is 17.8. The fraction of sp³-hybridized carbons (Fsp3) is 0.0400. The van der Waals surface area contributed by atoms with Gasteiger partial charge in [0.1, 0.15) is 11.5 Å².